The number of rotatable bonds is 5. The Morgan fingerprint density at radius 2 is 1.95 bits per heavy atom. The van der Waals surface area contributed by atoms with E-state index in [0.717, 1.165) is 30.5 Å². The predicted molar refractivity (Wildman–Crippen MR) is 86.4 cm³/mol. The van der Waals surface area contributed by atoms with Crippen LogP contribution in [0.5, 0.6) is 11.5 Å². The van der Waals surface area contributed by atoms with E-state index in [1.54, 1.807) is 7.11 Å². The van der Waals surface area contributed by atoms with E-state index in [9.17, 15) is 0 Å². The molecule has 3 atom stereocenters. The van der Waals surface area contributed by atoms with Crippen LogP contribution in [0.25, 0.3) is 0 Å². The SMILES string of the molecule is COc1ccccc1OCCN1CC2CCC(N)C2C1.Cl. The summed E-state index contributed by atoms with van der Waals surface area (Å²) >= 11 is 0. The second-order valence-electron chi connectivity index (χ2n) is 5.92. The van der Waals surface area contributed by atoms with Crippen LogP contribution in [-0.2, 0) is 0 Å². The Morgan fingerprint density at radius 1 is 1.19 bits per heavy atom. The molecule has 0 bridgehead atoms. The predicted octanol–water partition coefficient (Wildman–Crippen LogP) is 2.16. The molecular formula is C16H25ClN2O2. The van der Waals surface area contributed by atoms with Crippen LogP contribution in [0, 0.1) is 11.8 Å². The highest BCUT2D eigenvalue weighted by Gasteiger charge is 2.40. The van der Waals surface area contributed by atoms with Crippen molar-refractivity contribution in [1.29, 1.82) is 0 Å². The van der Waals surface area contributed by atoms with E-state index in [4.69, 9.17) is 15.2 Å². The molecule has 0 spiro atoms. The zero-order chi connectivity index (χ0) is 13.9. The molecular weight excluding hydrogens is 288 g/mol. The molecule has 5 heteroatoms. The number of nitrogens with two attached hydrogens (primary N) is 1. The molecule has 1 heterocycles. The number of ether oxygens (including phenoxy) is 2. The van der Waals surface area contributed by atoms with Gasteiger partial charge in [-0.15, -0.1) is 12.4 Å². The van der Waals surface area contributed by atoms with Crippen molar-refractivity contribution in [2.75, 3.05) is 33.4 Å². The van der Waals surface area contributed by atoms with Gasteiger partial charge in [0.05, 0.1) is 7.11 Å². The van der Waals surface area contributed by atoms with Gasteiger partial charge in [-0.1, -0.05) is 12.1 Å². The summed E-state index contributed by atoms with van der Waals surface area (Å²) in [7, 11) is 1.67. The number of nitrogens with zero attached hydrogens (tertiary/aromatic N) is 1. The molecule has 1 aromatic carbocycles. The molecule has 2 fully saturated rings. The minimum Gasteiger partial charge on any atom is -0.493 e. The summed E-state index contributed by atoms with van der Waals surface area (Å²) < 4.78 is 11.1. The molecule has 3 rings (SSSR count). The highest BCUT2D eigenvalue weighted by atomic mass is 35.5. The maximum absolute atomic E-state index is 6.17. The second-order valence-corrected chi connectivity index (χ2v) is 5.92. The summed E-state index contributed by atoms with van der Waals surface area (Å²) in [5.41, 5.74) is 6.17. The standard InChI is InChI=1S/C16H24N2O2.ClH/c1-19-15-4-2-3-5-16(15)20-9-8-18-10-12-6-7-14(17)13(12)11-18;/h2-5,12-14H,6-11,17H2,1H3;1H. The van der Waals surface area contributed by atoms with Crippen molar-refractivity contribution in [3.05, 3.63) is 24.3 Å². The Hall–Kier alpha value is -0.970. The van der Waals surface area contributed by atoms with E-state index in [1.807, 2.05) is 24.3 Å². The first kappa shape index (κ1) is 16.4. The van der Waals surface area contributed by atoms with Crippen LogP contribution in [-0.4, -0.2) is 44.3 Å². The van der Waals surface area contributed by atoms with E-state index in [-0.39, 0.29) is 12.4 Å². The van der Waals surface area contributed by atoms with Crippen molar-refractivity contribution in [3.8, 4) is 11.5 Å². The van der Waals surface area contributed by atoms with E-state index in [1.165, 1.54) is 19.4 Å². The molecule has 118 valence electrons. The number of methoxy groups -OCH3 is 1. The van der Waals surface area contributed by atoms with E-state index in [0.29, 0.717) is 18.6 Å². The fourth-order valence-corrected chi connectivity index (χ4v) is 3.61. The lowest BCUT2D eigenvalue weighted by molar-refractivity contribution is 0.220. The maximum atomic E-state index is 6.17. The number of hydrogen-bond donors (Lipinski definition) is 1. The molecule has 1 aromatic rings. The van der Waals surface area contributed by atoms with Crippen LogP contribution in [0.1, 0.15) is 12.8 Å². The number of likely N-dealkylation sites (tertiary alicyclic amines) is 1. The lowest BCUT2D eigenvalue weighted by atomic mass is 9.98. The molecule has 2 N–H and O–H groups in total. The first-order valence-corrected chi connectivity index (χ1v) is 7.51. The van der Waals surface area contributed by atoms with Gasteiger partial charge >= 0.3 is 0 Å². The number of fused-ring (bicyclic) bond motifs is 1. The third-order valence-electron chi connectivity index (χ3n) is 4.72. The summed E-state index contributed by atoms with van der Waals surface area (Å²) in [6.45, 7) is 4.00. The van der Waals surface area contributed by atoms with Gasteiger partial charge in [0.2, 0.25) is 0 Å². The van der Waals surface area contributed by atoms with Gasteiger partial charge in [-0.3, -0.25) is 4.90 Å². The molecule has 4 nitrogen and oxygen atoms in total. The Labute approximate surface area is 133 Å². The number of benzene rings is 1. The van der Waals surface area contributed by atoms with E-state index < -0.39 is 0 Å². The molecule has 1 aliphatic heterocycles. The second kappa shape index (κ2) is 7.34. The zero-order valence-electron chi connectivity index (χ0n) is 12.5. The highest BCUT2D eigenvalue weighted by Crippen LogP contribution is 2.36. The van der Waals surface area contributed by atoms with Crippen LogP contribution in [0.3, 0.4) is 0 Å². The number of halogens is 1. The van der Waals surface area contributed by atoms with Crippen molar-refractivity contribution < 1.29 is 9.47 Å². The summed E-state index contributed by atoms with van der Waals surface area (Å²) in [5, 5.41) is 0. The monoisotopic (exact) mass is 312 g/mol. The Kier molecular flexibility index (Phi) is 5.73. The summed E-state index contributed by atoms with van der Waals surface area (Å²) in [4.78, 5) is 2.49. The zero-order valence-corrected chi connectivity index (χ0v) is 13.3. The van der Waals surface area contributed by atoms with E-state index >= 15 is 0 Å². The molecule has 0 amide bonds. The van der Waals surface area contributed by atoms with Gasteiger partial charge in [-0.05, 0) is 36.8 Å². The van der Waals surface area contributed by atoms with Gasteiger partial charge in [-0.25, -0.2) is 0 Å². The lowest BCUT2D eigenvalue weighted by Gasteiger charge is -2.19. The number of hydrogen-bond acceptors (Lipinski definition) is 4. The van der Waals surface area contributed by atoms with Crippen molar-refractivity contribution in [3.63, 3.8) is 0 Å². The van der Waals surface area contributed by atoms with E-state index in [2.05, 4.69) is 4.90 Å². The molecule has 0 radical (unpaired) electrons. The molecule has 21 heavy (non-hydrogen) atoms. The molecule has 1 aliphatic carbocycles. The van der Waals surface area contributed by atoms with Crippen LogP contribution in [0.15, 0.2) is 24.3 Å². The smallest absolute Gasteiger partial charge is 0.161 e. The Balaban J connectivity index is 0.00000161. The normalized spacial score (nSPS) is 28.0. The number of para-hydroxylation sites is 2. The largest absolute Gasteiger partial charge is 0.493 e. The highest BCUT2D eigenvalue weighted by molar-refractivity contribution is 5.85. The van der Waals surface area contributed by atoms with Gasteiger partial charge in [0.15, 0.2) is 11.5 Å². The van der Waals surface area contributed by atoms with Crippen molar-refractivity contribution in [1.82, 2.24) is 4.90 Å². The summed E-state index contributed by atoms with van der Waals surface area (Å²) in [5.74, 6) is 3.15. The third kappa shape index (κ3) is 3.62. The molecule has 2 aliphatic rings. The molecule has 1 saturated heterocycles. The van der Waals surface area contributed by atoms with Gasteiger partial charge in [0, 0.05) is 25.7 Å². The molecule has 0 aromatic heterocycles. The van der Waals surface area contributed by atoms with Crippen LogP contribution in [0.2, 0.25) is 0 Å². The van der Waals surface area contributed by atoms with Gasteiger partial charge in [0.1, 0.15) is 6.61 Å². The Bertz CT molecular complexity index is 458. The third-order valence-corrected chi connectivity index (χ3v) is 4.72. The van der Waals surface area contributed by atoms with Gasteiger partial charge < -0.3 is 15.2 Å². The fraction of sp³-hybridized carbons (Fsp3) is 0.625. The first-order valence-electron chi connectivity index (χ1n) is 7.51. The fourth-order valence-electron chi connectivity index (χ4n) is 3.61. The average Bonchev–Trinajstić information content (AvgIpc) is 3.02. The van der Waals surface area contributed by atoms with Crippen molar-refractivity contribution in [2.45, 2.75) is 18.9 Å². The molecule has 3 unspecified atom stereocenters. The summed E-state index contributed by atoms with van der Waals surface area (Å²) in [6.07, 6.45) is 2.51. The first-order chi connectivity index (χ1) is 9.78. The Morgan fingerprint density at radius 3 is 2.67 bits per heavy atom. The lowest BCUT2D eigenvalue weighted by Crippen LogP contribution is -2.32. The van der Waals surface area contributed by atoms with Crippen molar-refractivity contribution in [2.24, 2.45) is 17.6 Å². The molecule has 1 saturated carbocycles. The maximum Gasteiger partial charge on any atom is 0.161 e. The minimum absolute atomic E-state index is 0. The van der Waals surface area contributed by atoms with Gasteiger partial charge in [-0.2, -0.15) is 0 Å². The van der Waals surface area contributed by atoms with Crippen molar-refractivity contribution >= 4 is 12.4 Å². The topological polar surface area (TPSA) is 47.7 Å². The van der Waals surface area contributed by atoms with Crippen LogP contribution < -0.4 is 15.2 Å². The van der Waals surface area contributed by atoms with Crippen LogP contribution >= 0.6 is 12.4 Å². The minimum atomic E-state index is 0. The van der Waals surface area contributed by atoms with Crippen LogP contribution in [0.4, 0.5) is 0 Å². The quantitative estimate of drug-likeness (QED) is 0.905. The summed E-state index contributed by atoms with van der Waals surface area (Å²) in [6, 6.07) is 8.22. The van der Waals surface area contributed by atoms with Gasteiger partial charge in [0.25, 0.3) is 0 Å². The average molecular weight is 313 g/mol.